The number of nitrogens with one attached hydrogen (secondary N) is 1. The van der Waals surface area contributed by atoms with Crippen molar-refractivity contribution in [3.8, 4) is 5.75 Å². The predicted molar refractivity (Wildman–Crippen MR) is 152 cm³/mol. The lowest BCUT2D eigenvalue weighted by Gasteiger charge is -2.33. The summed E-state index contributed by atoms with van der Waals surface area (Å²) in [5.74, 6) is 0.371. The second-order valence-electron chi connectivity index (χ2n) is 10.7. The maximum Gasteiger partial charge on any atom is 0.261 e. The molecule has 1 fully saturated rings. The van der Waals surface area contributed by atoms with Crippen LogP contribution in [0.25, 0.3) is 0 Å². The number of amides is 2. The molecule has 38 heavy (non-hydrogen) atoms. The number of nitrogens with zero attached hydrogens (tertiary/aromatic N) is 1. The van der Waals surface area contributed by atoms with E-state index in [-0.39, 0.29) is 24.5 Å². The van der Waals surface area contributed by atoms with E-state index in [1.165, 1.54) is 6.42 Å². The fourth-order valence-electron chi connectivity index (χ4n) is 5.35. The first-order chi connectivity index (χ1) is 18.4. The number of hydrogen-bond acceptors (Lipinski definition) is 3. The summed E-state index contributed by atoms with van der Waals surface area (Å²) in [5.41, 5.74) is 5.30. The molecule has 0 aliphatic heterocycles. The number of benzene rings is 3. The Morgan fingerprint density at radius 2 is 1.53 bits per heavy atom. The molecule has 1 aliphatic carbocycles. The van der Waals surface area contributed by atoms with E-state index < -0.39 is 6.04 Å². The highest BCUT2D eigenvalue weighted by atomic mass is 16.5. The minimum Gasteiger partial charge on any atom is -0.484 e. The van der Waals surface area contributed by atoms with Gasteiger partial charge in [-0.25, -0.2) is 0 Å². The van der Waals surface area contributed by atoms with Gasteiger partial charge in [0, 0.05) is 19.0 Å². The largest absolute Gasteiger partial charge is 0.484 e. The monoisotopic (exact) mass is 512 g/mol. The first kappa shape index (κ1) is 27.4. The Bertz CT molecular complexity index is 1200. The van der Waals surface area contributed by atoms with E-state index in [1.54, 1.807) is 4.90 Å². The molecule has 0 saturated heterocycles. The summed E-state index contributed by atoms with van der Waals surface area (Å²) in [7, 11) is 0. The maximum atomic E-state index is 13.8. The quantitative estimate of drug-likeness (QED) is 0.358. The van der Waals surface area contributed by atoms with E-state index >= 15 is 0 Å². The summed E-state index contributed by atoms with van der Waals surface area (Å²) in [6.45, 7) is 6.27. The fourth-order valence-corrected chi connectivity index (χ4v) is 5.35. The summed E-state index contributed by atoms with van der Waals surface area (Å²) in [5, 5.41) is 3.29. The van der Waals surface area contributed by atoms with E-state index in [0.717, 1.165) is 53.5 Å². The van der Waals surface area contributed by atoms with Crippen molar-refractivity contribution in [1.29, 1.82) is 0 Å². The van der Waals surface area contributed by atoms with Crippen LogP contribution in [-0.2, 0) is 22.6 Å². The molecule has 2 amide bonds. The summed E-state index contributed by atoms with van der Waals surface area (Å²) < 4.78 is 5.98. The Hall–Kier alpha value is -3.60. The van der Waals surface area contributed by atoms with Gasteiger partial charge in [-0.3, -0.25) is 9.59 Å². The lowest BCUT2D eigenvalue weighted by molar-refractivity contribution is -0.143. The standard InChI is InChI=1S/C33H40N2O3/c1-24-11-10-14-28(18-24)22-35(32(36)23-38-30-19-25(2)17-26(3)20-30)31(21-27-12-6-4-7-13-27)33(37)34-29-15-8-5-9-16-29/h4,6-7,10-14,17-20,29,31H,5,8-9,15-16,21-23H2,1-3H3,(H,34,37). The molecule has 0 bridgehead atoms. The highest BCUT2D eigenvalue weighted by Crippen LogP contribution is 2.21. The van der Waals surface area contributed by atoms with Crippen molar-refractivity contribution in [2.45, 2.75) is 77.9 Å². The summed E-state index contributed by atoms with van der Waals surface area (Å²) in [6, 6.07) is 23.5. The average molecular weight is 513 g/mol. The van der Waals surface area contributed by atoms with Gasteiger partial charge in [0.1, 0.15) is 11.8 Å². The van der Waals surface area contributed by atoms with Gasteiger partial charge in [-0.05, 0) is 68.0 Å². The minimum atomic E-state index is -0.643. The molecule has 5 nitrogen and oxygen atoms in total. The molecule has 0 radical (unpaired) electrons. The van der Waals surface area contributed by atoms with Crippen molar-refractivity contribution in [3.63, 3.8) is 0 Å². The van der Waals surface area contributed by atoms with Gasteiger partial charge in [-0.15, -0.1) is 0 Å². The molecule has 5 heteroatoms. The number of carbonyl (C=O) groups excluding carboxylic acids is 2. The lowest BCUT2D eigenvalue weighted by Crippen LogP contribution is -2.53. The van der Waals surface area contributed by atoms with Gasteiger partial charge in [-0.1, -0.05) is 85.5 Å². The molecule has 1 N–H and O–H groups in total. The Morgan fingerprint density at radius 3 is 2.21 bits per heavy atom. The number of aryl methyl sites for hydroxylation is 3. The molecule has 3 aromatic carbocycles. The molecule has 1 aliphatic rings. The van der Waals surface area contributed by atoms with Gasteiger partial charge in [0.15, 0.2) is 6.61 Å². The molecule has 0 aromatic heterocycles. The SMILES string of the molecule is Cc1cccc(CN(C(=O)COc2cc(C)cc(C)c2)C(Cc2ccccc2)C(=O)NC2CCCCC2)c1. The topological polar surface area (TPSA) is 58.6 Å². The molecule has 0 heterocycles. The number of ether oxygens (including phenoxy) is 1. The molecule has 1 saturated carbocycles. The smallest absolute Gasteiger partial charge is 0.261 e. The molecule has 4 rings (SSSR count). The fraction of sp³-hybridized carbons (Fsp3) is 0.394. The zero-order chi connectivity index (χ0) is 26.9. The predicted octanol–water partition coefficient (Wildman–Crippen LogP) is 6.08. The van der Waals surface area contributed by atoms with Crippen molar-refractivity contribution in [1.82, 2.24) is 10.2 Å². The van der Waals surface area contributed by atoms with E-state index in [4.69, 9.17) is 4.74 Å². The van der Waals surface area contributed by atoms with Gasteiger partial charge < -0.3 is 15.0 Å². The maximum absolute atomic E-state index is 13.8. The Labute approximate surface area is 227 Å². The van der Waals surface area contributed by atoms with E-state index in [9.17, 15) is 9.59 Å². The highest BCUT2D eigenvalue weighted by Gasteiger charge is 2.32. The molecule has 0 spiro atoms. The Morgan fingerprint density at radius 1 is 0.842 bits per heavy atom. The molecule has 200 valence electrons. The van der Waals surface area contributed by atoms with Gasteiger partial charge >= 0.3 is 0 Å². The third kappa shape index (κ3) is 7.95. The third-order valence-corrected chi connectivity index (χ3v) is 7.22. The molecule has 1 unspecified atom stereocenters. The van der Waals surface area contributed by atoms with Crippen molar-refractivity contribution in [3.05, 3.63) is 101 Å². The number of carbonyl (C=O) groups is 2. The van der Waals surface area contributed by atoms with Gasteiger partial charge in [0.25, 0.3) is 5.91 Å². The normalized spacial score (nSPS) is 14.5. The van der Waals surface area contributed by atoms with Gasteiger partial charge in [0.05, 0.1) is 0 Å². The number of rotatable bonds is 10. The molecular formula is C33H40N2O3. The highest BCUT2D eigenvalue weighted by molar-refractivity contribution is 5.88. The zero-order valence-electron chi connectivity index (χ0n) is 22.9. The van der Waals surface area contributed by atoms with E-state index in [0.29, 0.717) is 18.7 Å². The van der Waals surface area contributed by atoms with Crippen LogP contribution in [0.4, 0.5) is 0 Å². The van der Waals surface area contributed by atoms with E-state index in [2.05, 4.69) is 17.4 Å². The third-order valence-electron chi connectivity index (χ3n) is 7.22. The van der Waals surface area contributed by atoms with Crippen LogP contribution in [0.15, 0.2) is 72.8 Å². The van der Waals surface area contributed by atoms with Crippen molar-refractivity contribution in [2.75, 3.05) is 6.61 Å². The van der Waals surface area contributed by atoms with E-state index in [1.807, 2.05) is 81.4 Å². The molecule has 1 atom stereocenters. The van der Waals surface area contributed by atoms with Crippen LogP contribution in [0.2, 0.25) is 0 Å². The van der Waals surface area contributed by atoms with Crippen molar-refractivity contribution < 1.29 is 14.3 Å². The molecule has 3 aromatic rings. The van der Waals surface area contributed by atoms with Crippen molar-refractivity contribution in [2.24, 2.45) is 0 Å². The van der Waals surface area contributed by atoms with Crippen LogP contribution < -0.4 is 10.1 Å². The Balaban J connectivity index is 1.62. The second kappa shape index (κ2) is 13.3. The first-order valence-electron chi connectivity index (χ1n) is 13.8. The average Bonchev–Trinajstić information content (AvgIpc) is 2.90. The van der Waals surface area contributed by atoms with Crippen LogP contribution in [0.1, 0.15) is 59.9 Å². The number of hydrogen-bond donors (Lipinski definition) is 1. The van der Waals surface area contributed by atoms with Crippen LogP contribution >= 0.6 is 0 Å². The van der Waals surface area contributed by atoms with Gasteiger partial charge in [0.2, 0.25) is 5.91 Å². The van der Waals surface area contributed by atoms with Crippen LogP contribution in [0.3, 0.4) is 0 Å². The van der Waals surface area contributed by atoms with Crippen LogP contribution in [0.5, 0.6) is 5.75 Å². The summed E-state index contributed by atoms with van der Waals surface area (Å²) >= 11 is 0. The molecular weight excluding hydrogens is 472 g/mol. The summed E-state index contributed by atoms with van der Waals surface area (Å²) in [4.78, 5) is 29.4. The first-order valence-corrected chi connectivity index (χ1v) is 13.8. The lowest BCUT2D eigenvalue weighted by atomic mass is 9.94. The van der Waals surface area contributed by atoms with Crippen LogP contribution in [0, 0.1) is 20.8 Å². The van der Waals surface area contributed by atoms with Crippen LogP contribution in [-0.4, -0.2) is 35.4 Å². The zero-order valence-corrected chi connectivity index (χ0v) is 22.9. The summed E-state index contributed by atoms with van der Waals surface area (Å²) in [6.07, 6.45) is 5.90. The second-order valence-corrected chi connectivity index (χ2v) is 10.7. The minimum absolute atomic E-state index is 0.0897. The Kier molecular flexibility index (Phi) is 9.58. The van der Waals surface area contributed by atoms with Gasteiger partial charge in [-0.2, -0.15) is 0 Å². The van der Waals surface area contributed by atoms with Crippen molar-refractivity contribution >= 4 is 11.8 Å².